The van der Waals surface area contributed by atoms with Crippen molar-refractivity contribution in [1.29, 1.82) is 5.26 Å². The standard InChI is InChI=1S/C17H13N5O2S/c1-12(11-18)25-17-20-19-16(21(17)14-5-3-2-4-6-14)13-7-9-15(10-8-13)22(23)24/h2-10,12H,1H3/t12-/m0/s1. The molecule has 8 heteroatoms. The van der Waals surface area contributed by atoms with Gasteiger partial charge in [-0.1, -0.05) is 30.0 Å². The zero-order valence-electron chi connectivity index (χ0n) is 13.2. The zero-order valence-corrected chi connectivity index (χ0v) is 14.1. The number of nitrogens with zero attached hydrogens (tertiary/aromatic N) is 5. The van der Waals surface area contributed by atoms with Crippen LogP contribution < -0.4 is 0 Å². The Balaban J connectivity index is 2.10. The Hall–Kier alpha value is -3.18. The number of aromatic nitrogens is 3. The lowest BCUT2D eigenvalue weighted by Gasteiger charge is -2.10. The van der Waals surface area contributed by atoms with Gasteiger partial charge in [0, 0.05) is 23.4 Å². The molecule has 25 heavy (non-hydrogen) atoms. The van der Waals surface area contributed by atoms with E-state index in [9.17, 15) is 10.1 Å². The number of benzene rings is 2. The average molecular weight is 351 g/mol. The van der Waals surface area contributed by atoms with E-state index in [1.807, 2.05) is 34.9 Å². The highest BCUT2D eigenvalue weighted by atomic mass is 32.2. The van der Waals surface area contributed by atoms with Crippen LogP contribution in [0.15, 0.2) is 59.8 Å². The highest BCUT2D eigenvalue weighted by Gasteiger charge is 2.18. The minimum absolute atomic E-state index is 0.0160. The van der Waals surface area contributed by atoms with Gasteiger partial charge >= 0.3 is 0 Å². The Morgan fingerprint density at radius 2 is 1.84 bits per heavy atom. The van der Waals surface area contributed by atoms with Crippen molar-refractivity contribution in [2.45, 2.75) is 17.3 Å². The molecule has 0 aliphatic carbocycles. The Morgan fingerprint density at radius 3 is 2.44 bits per heavy atom. The first-order chi connectivity index (χ1) is 12.1. The van der Waals surface area contributed by atoms with Gasteiger partial charge in [-0.2, -0.15) is 5.26 Å². The van der Waals surface area contributed by atoms with Crippen LogP contribution in [0, 0.1) is 21.4 Å². The van der Waals surface area contributed by atoms with Crippen LogP contribution in [-0.4, -0.2) is 24.9 Å². The van der Waals surface area contributed by atoms with Gasteiger partial charge in [-0.25, -0.2) is 0 Å². The Morgan fingerprint density at radius 1 is 1.16 bits per heavy atom. The summed E-state index contributed by atoms with van der Waals surface area (Å²) < 4.78 is 1.85. The van der Waals surface area contributed by atoms with Gasteiger partial charge in [-0.15, -0.1) is 10.2 Å². The number of para-hydroxylation sites is 1. The largest absolute Gasteiger partial charge is 0.270 e. The van der Waals surface area contributed by atoms with Crippen molar-refractivity contribution in [3.8, 4) is 23.1 Å². The fraction of sp³-hybridized carbons (Fsp3) is 0.118. The second kappa shape index (κ2) is 7.15. The molecule has 0 unspecified atom stereocenters. The van der Waals surface area contributed by atoms with E-state index < -0.39 is 4.92 Å². The number of hydrogen-bond donors (Lipinski definition) is 0. The molecular formula is C17H13N5O2S. The van der Waals surface area contributed by atoms with E-state index in [1.54, 1.807) is 19.1 Å². The molecule has 0 aliphatic heterocycles. The summed E-state index contributed by atoms with van der Waals surface area (Å²) >= 11 is 1.31. The van der Waals surface area contributed by atoms with Gasteiger partial charge in [0.05, 0.1) is 16.2 Å². The molecule has 1 aromatic heterocycles. The van der Waals surface area contributed by atoms with Crippen LogP contribution in [0.25, 0.3) is 17.1 Å². The maximum atomic E-state index is 10.8. The number of nitriles is 1. The number of hydrogen-bond acceptors (Lipinski definition) is 6. The summed E-state index contributed by atoms with van der Waals surface area (Å²) in [5.41, 5.74) is 1.58. The predicted molar refractivity (Wildman–Crippen MR) is 94.4 cm³/mol. The summed E-state index contributed by atoms with van der Waals surface area (Å²) in [5.74, 6) is 0.564. The number of non-ortho nitro benzene ring substituents is 1. The third-order valence-corrected chi connectivity index (χ3v) is 4.38. The molecule has 2 aromatic carbocycles. The highest BCUT2D eigenvalue weighted by molar-refractivity contribution is 8.00. The molecule has 0 spiro atoms. The van der Waals surface area contributed by atoms with Crippen LogP contribution >= 0.6 is 11.8 Å². The molecule has 0 aliphatic rings. The molecule has 0 amide bonds. The second-order valence-electron chi connectivity index (χ2n) is 5.17. The van der Waals surface area contributed by atoms with E-state index in [-0.39, 0.29) is 10.9 Å². The van der Waals surface area contributed by atoms with Crippen LogP contribution in [-0.2, 0) is 0 Å². The maximum Gasteiger partial charge on any atom is 0.269 e. The number of nitro groups is 1. The van der Waals surface area contributed by atoms with Crippen molar-refractivity contribution in [2.75, 3.05) is 0 Å². The molecule has 0 bridgehead atoms. The maximum absolute atomic E-state index is 10.8. The van der Waals surface area contributed by atoms with Crippen LogP contribution in [0.5, 0.6) is 0 Å². The van der Waals surface area contributed by atoms with Gasteiger partial charge in [0.25, 0.3) is 5.69 Å². The summed E-state index contributed by atoms with van der Waals surface area (Å²) in [7, 11) is 0. The van der Waals surface area contributed by atoms with E-state index in [1.165, 1.54) is 23.9 Å². The topological polar surface area (TPSA) is 97.6 Å². The van der Waals surface area contributed by atoms with E-state index in [4.69, 9.17) is 5.26 Å². The first-order valence-electron chi connectivity index (χ1n) is 7.42. The Kier molecular flexibility index (Phi) is 4.77. The first-order valence-corrected chi connectivity index (χ1v) is 8.30. The SMILES string of the molecule is C[C@@H](C#N)Sc1nnc(-c2ccc([N+](=O)[O-])cc2)n1-c1ccccc1. The van der Waals surface area contributed by atoms with Gasteiger partial charge in [0.1, 0.15) is 0 Å². The first kappa shape index (κ1) is 16.7. The Bertz CT molecular complexity index is 932. The van der Waals surface area contributed by atoms with E-state index in [0.717, 1.165) is 5.69 Å². The molecule has 1 atom stereocenters. The van der Waals surface area contributed by atoms with E-state index in [2.05, 4.69) is 16.3 Å². The summed E-state index contributed by atoms with van der Waals surface area (Å²) in [6.07, 6.45) is 0. The predicted octanol–water partition coefficient (Wildman–Crippen LogP) is 3.85. The lowest BCUT2D eigenvalue weighted by Crippen LogP contribution is -2.01. The smallest absolute Gasteiger partial charge is 0.269 e. The highest BCUT2D eigenvalue weighted by Crippen LogP contribution is 2.30. The average Bonchev–Trinajstić information content (AvgIpc) is 3.05. The molecule has 3 rings (SSSR count). The molecule has 0 radical (unpaired) electrons. The molecule has 0 fully saturated rings. The summed E-state index contributed by atoms with van der Waals surface area (Å²) in [6, 6.07) is 17.9. The lowest BCUT2D eigenvalue weighted by molar-refractivity contribution is -0.384. The molecule has 0 N–H and O–H groups in total. The molecule has 0 saturated carbocycles. The zero-order chi connectivity index (χ0) is 17.8. The van der Waals surface area contributed by atoms with Crippen LogP contribution in [0.4, 0.5) is 5.69 Å². The Labute approximate surface area is 148 Å². The van der Waals surface area contributed by atoms with Crippen molar-refractivity contribution in [3.05, 3.63) is 64.7 Å². The fourth-order valence-electron chi connectivity index (χ4n) is 2.26. The van der Waals surface area contributed by atoms with Crippen molar-refractivity contribution in [3.63, 3.8) is 0 Å². The van der Waals surface area contributed by atoms with Crippen molar-refractivity contribution in [1.82, 2.24) is 14.8 Å². The van der Waals surface area contributed by atoms with Gasteiger partial charge in [-0.05, 0) is 31.2 Å². The number of nitro benzene ring substituents is 1. The molecular weight excluding hydrogens is 338 g/mol. The second-order valence-corrected chi connectivity index (χ2v) is 6.48. The molecule has 0 saturated heterocycles. The third-order valence-electron chi connectivity index (χ3n) is 3.45. The van der Waals surface area contributed by atoms with Gasteiger partial charge in [0.2, 0.25) is 0 Å². The third kappa shape index (κ3) is 3.51. The minimum atomic E-state index is -0.443. The number of thioether (sulfide) groups is 1. The van der Waals surface area contributed by atoms with E-state index in [0.29, 0.717) is 16.5 Å². The summed E-state index contributed by atoms with van der Waals surface area (Å²) in [6.45, 7) is 1.79. The van der Waals surface area contributed by atoms with Gasteiger partial charge in [0.15, 0.2) is 11.0 Å². The lowest BCUT2D eigenvalue weighted by atomic mass is 10.2. The summed E-state index contributed by atoms with van der Waals surface area (Å²) in [5, 5.41) is 28.7. The quantitative estimate of drug-likeness (QED) is 0.393. The molecule has 124 valence electrons. The molecule has 3 aromatic rings. The minimum Gasteiger partial charge on any atom is -0.270 e. The molecule has 7 nitrogen and oxygen atoms in total. The number of rotatable bonds is 5. The van der Waals surface area contributed by atoms with Gasteiger partial charge in [-0.3, -0.25) is 14.7 Å². The molecule has 1 heterocycles. The van der Waals surface area contributed by atoms with Crippen molar-refractivity contribution >= 4 is 17.4 Å². The van der Waals surface area contributed by atoms with Crippen LogP contribution in [0.3, 0.4) is 0 Å². The van der Waals surface area contributed by atoms with Gasteiger partial charge < -0.3 is 0 Å². The van der Waals surface area contributed by atoms with Crippen molar-refractivity contribution < 1.29 is 4.92 Å². The summed E-state index contributed by atoms with van der Waals surface area (Å²) in [4.78, 5) is 10.4. The fourth-order valence-corrected chi connectivity index (χ4v) is 3.01. The van der Waals surface area contributed by atoms with Crippen LogP contribution in [0.1, 0.15) is 6.92 Å². The normalized spacial score (nSPS) is 11.7. The van der Waals surface area contributed by atoms with Crippen molar-refractivity contribution in [2.24, 2.45) is 0 Å². The monoisotopic (exact) mass is 351 g/mol. The van der Waals surface area contributed by atoms with Crippen LogP contribution in [0.2, 0.25) is 0 Å². The van der Waals surface area contributed by atoms with E-state index >= 15 is 0 Å².